The molecule has 2 fully saturated rings. The Labute approximate surface area is 182 Å². The number of urea groups is 1. The Morgan fingerprint density at radius 3 is 1.84 bits per heavy atom. The minimum atomic E-state index is -1.29. The van der Waals surface area contributed by atoms with Crippen LogP contribution in [0.4, 0.5) is 4.79 Å². The third-order valence-corrected chi connectivity index (χ3v) is 6.37. The van der Waals surface area contributed by atoms with Crippen LogP contribution in [-0.4, -0.2) is 55.7 Å². The van der Waals surface area contributed by atoms with E-state index in [-0.39, 0.29) is 11.9 Å². The number of ether oxygens (including phenoxy) is 2. The molecule has 0 radical (unpaired) electrons. The van der Waals surface area contributed by atoms with Crippen LogP contribution >= 0.6 is 0 Å². The van der Waals surface area contributed by atoms with Crippen molar-refractivity contribution in [1.29, 1.82) is 0 Å². The molecule has 2 heterocycles. The van der Waals surface area contributed by atoms with Gasteiger partial charge in [-0.15, -0.1) is 0 Å². The highest BCUT2D eigenvalue weighted by atomic mass is 16.5. The van der Waals surface area contributed by atoms with Gasteiger partial charge in [-0.2, -0.15) is 0 Å². The minimum Gasteiger partial charge on any atom is -0.497 e. The van der Waals surface area contributed by atoms with E-state index in [1.807, 2.05) is 24.3 Å². The molecule has 2 aliphatic rings. The highest BCUT2D eigenvalue weighted by molar-refractivity contribution is 6.09. The lowest BCUT2D eigenvalue weighted by Gasteiger charge is -2.33. The van der Waals surface area contributed by atoms with Crippen molar-refractivity contribution in [2.45, 2.75) is 25.3 Å². The maximum atomic E-state index is 13.8. The van der Waals surface area contributed by atoms with Gasteiger partial charge in [0.2, 0.25) is 0 Å². The third kappa shape index (κ3) is 3.85. The van der Waals surface area contributed by atoms with E-state index in [1.165, 1.54) is 4.90 Å². The van der Waals surface area contributed by atoms with E-state index in [0.717, 1.165) is 25.9 Å². The maximum absolute atomic E-state index is 13.8. The van der Waals surface area contributed by atoms with Gasteiger partial charge in [-0.3, -0.25) is 9.69 Å². The van der Waals surface area contributed by atoms with Crippen molar-refractivity contribution in [3.63, 3.8) is 0 Å². The van der Waals surface area contributed by atoms with Gasteiger partial charge in [0.1, 0.15) is 11.5 Å². The molecule has 0 spiro atoms. The molecule has 7 nitrogen and oxygen atoms in total. The summed E-state index contributed by atoms with van der Waals surface area (Å²) in [6, 6.07) is 14.1. The fraction of sp³-hybridized carbons (Fsp3) is 0.417. The van der Waals surface area contributed by atoms with Crippen LogP contribution in [-0.2, 0) is 10.3 Å². The quantitative estimate of drug-likeness (QED) is 0.723. The molecular formula is C24H29N3O4. The summed E-state index contributed by atoms with van der Waals surface area (Å²) in [5.41, 5.74) is 0.0804. The van der Waals surface area contributed by atoms with Crippen LogP contribution in [0, 0.1) is 5.92 Å². The number of amides is 3. The molecular weight excluding hydrogens is 394 g/mol. The SMILES string of the molecule is COc1ccc(C2(c3ccc(OC)cc3)NC(=O)N(CN3CCC(C)CC3)C2=O)cc1. The highest BCUT2D eigenvalue weighted by Gasteiger charge is 2.54. The van der Waals surface area contributed by atoms with E-state index < -0.39 is 5.54 Å². The van der Waals surface area contributed by atoms with Crippen LogP contribution in [0.15, 0.2) is 48.5 Å². The Hall–Kier alpha value is -3.06. The molecule has 31 heavy (non-hydrogen) atoms. The van der Waals surface area contributed by atoms with Crippen molar-refractivity contribution < 1.29 is 19.1 Å². The highest BCUT2D eigenvalue weighted by Crippen LogP contribution is 2.37. The van der Waals surface area contributed by atoms with Crippen molar-refractivity contribution in [2.75, 3.05) is 34.0 Å². The van der Waals surface area contributed by atoms with Crippen LogP contribution in [0.3, 0.4) is 0 Å². The zero-order valence-corrected chi connectivity index (χ0v) is 18.3. The van der Waals surface area contributed by atoms with Crippen molar-refractivity contribution in [3.8, 4) is 11.5 Å². The van der Waals surface area contributed by atoms with Gasteiger partial charge >= 0.3 is 6.03 Å². The van der Waals surface area contributed by atoms with Gasteiger partial charge in [-0.05, 0) is 54.2 Å². The van der Waals surface area contributed by atoms with E-state index >= 15 is 0 Å². The molecule has 2 aliphatic heterocycles. The lowest BCUT2D eigenvalue weighted by Crippen LogP contribution is -2.47. The normalized spacial score (nSPS) is 19.4. The van der Waals surface area contributed by atoms with Crippen molar-refractivity contribution in [2.24, 2.45) is 5.92 Å². The molecule has 0 saturated carbocycles. The second-order valence-electron chi connectivity index (χ2n) is 8.31. The molecule has 0 aliphatic carbocycles. The molecule has 3 amide bonds. The summed E-state index contributed by atoms with van der Waals surface area (Å²) in [7, 11) is 3.19. The number of piperidine rings is 1. The Morgan fingerprint density at radius 1 is 0.903 bits per heavy atom. The van der Waals surface area contributed by atoms with Crippen LogP contribution in [0.5, 0.6) is 11.5 Å². The first-order valence-corrected chi connectivity index (χ1v) is 10.6. The number of rotatable bonds is 6. The third-order valence-electron chi connectivity index (χ3n) is 6.37. The smallest absolute Gasteiger partial charge is 0.326 e. The summed E-state index contributed by atoms with van der Waals surface area (Å²) < 4.78 is 10.5. The van der Waals surface area contributed by atoms with Gasteiger partial charge in [-0.25, -0.2) is 9.69 Å². The summed E-state index contributed by atoms with van der Waals surface area (Å²) in [6.45, 7) is 4.31. The monoisotopic (exact) mass is 423 g/mol. The Kier molecular flexibility index (Phi) is 5.87. The predicted octanol–water partition coefficient (Wildman–Crippen LogP) is 3.19. The van der Waals surface area contributed by atoms with Crippen molar-refractivity contribution in [3.05, 3.63) is 59.7 Å². The summed E-state index contributed by atoms with van der Waals surface area (Å²) in [5.74, 6) is 1.78. The number of imide groups is 1. The maximum Gasteiger partial charge on any atom is 0.326 e. The molecule has 0 aromatic heterocycles. The number of hydrogen-bond acceptors (Lipinski definition) is 5. The van der Waals surface area contributed by atoms with Crippen LogP contribution in [0.2, 0.25) is 0 Å². The Balaban J connectivity index is 1.71. The lowest BCUT2D eigenvalue weighted by molar-refractivity contribution is -0.132. The number of nitrogens with zero attached hydrogens (tertiary/aromatic N) is 2. The van der Waals surface area contributed by atoms with E-state index in [4.69, 9.17) is 9.47 Å². The van der Waals surface area contributed by atoms with E-state index in [0.29, 0.717) is 35.2 Å². The summed E-state index contributed by atoms with van der Waals surface area (Å²) >= 11 is 0. The summed E-state index contributed by atoms with van der Waals surface area (Å²) in [5, 5.41) is 3.00. The number of nitrogens with one attached hydrogen (secondary N) is 1. The molecule has 7 heteroatoms. The molecule has 2 aromatic carbocycles. The summed E-state index contributed by atoms with van der Waals surface area (Å²) in [6.07, 6.45) is 2.15. The average Bonchev–Trinajstić information content (AvgIpc) is 3.06. The molecule has 1 N–H and O–H groups in total. The molecule has 0 bridgehead atoms. The van der Waals surface area contributed by atoms with Crippen molar-refractivity contribution in [1.82, 2.24) is 15.1 Å². The molecule has 4 rings (SSSR count). The van der Waals surface area contributed by atoms with E-state index in [9.17, 15) is 9.59 Å². The number of carbonyl (C=O) groups excluding carboxylic acids is 2. The van der Waals surface area contributed by atoms with Crippen LogP contribution < -0.4 is 14.8 Å². The number of methoxy groups -OCH3 is 2. The number of carbonyl (C=O) groups is 2. The molecule has 164 valence electrons. The average molecular weight is 424 g/mol. The molecule has 2 aromatic rings. The lowest BCUT2D eigenvalue weighted by atomic mass is 9.82. The van der Waals surface area contributed by atoms with E-state index in [1.54, 1.807) is 38.5 Å². The van der Waals surface area contributed by atoms with Gasteiger partial charge < -0.3 is 14.8 Å². The second kappa shape index (κ2) is 8.59. The Morgan fingerprint density at radius 2 is 1.39 bits per heavy atom. The number of hydrogen-bond donors (Lipinski definition) is 1. The zero-order chi connectivity index (χ0) is 22.0. The van der Waals surface area contributed by atoms with E-state index in [2.05, 4.69) is 17.1 Å². The second-order valence-corrected chi connectivity index (χ2v) is 8.31. The van der Waals surface area contributed by atoms with Gasteiger partial charge in [-0.1, -0.05) is 31.2 Å². The van der Waals surface area contributed by atoms with Crippen LogP contribution in [0.25, 0.3) is 0 Å². The van der Waals surface area contributed by atoms with Crippen LogP contribution in [0.1, 0.15) is 30.9 Å². The standard InChI is InChI=1S/C24H29N3O4/c1-17-12-14-26(15-13-17)16-27-22(28)24(25-23(27)29,18-4-8-20(30-2)9-5-18)19-6-10-21(31-3)11-7-19/h4-11,17H,12-16H2,1-3H3,(H,25,29). The predicted molar refractivity (Wildman–Crippen MR) is 117 cm³/mol. The largest absolute Gasteiger partial charge is 0.497 e. The number of likely N-dealkylation sites (tertiary alicyclic amines) is 1. The number of benzene rings is 2. The van der Waals surface area contributed by atoms with Crippen molar-refractivity contribution >= 4 is 11.9 Å². The Bertz CT molecular complexity index is 887. The zero-order valence-electron chi connectivity index (χ0n) is 18.3. The first kappa shape index (κ1) is 21.2. The first-order valence-electron chi connectivity index (χ1n) is 10.6. The van der Waals surface area contributed by atoms with Gasteiger partial charge in [0.05, 0.1) is 20.9 Å². The fourth-order valence-electron chi connectivity index (χ4n) is 4.35. The minimum absolute atomic E-state index is 0.272. The van der Waals surface area contributed by atoms with Gasteiger partial charge in [0.25, 0.3) is 5.91 Å². The molecule has 0 unspecified atom stereocenters. The first-order chi connectivity index (χ1) is 15.0. The molecule has 2 saturated heterocycles. The summed E-state index contributed by atoms with van der Waals surface area (Å²) in [4.78, 5) is 30.4. The molecule has 0 atom stereocenters. The van der Waals surface area contributed by atoms with Gasteiger partial charge in [0, 0.05) is 13.1 Å². The van der Waals surface area contributed by atoms with Gasteiger partial charge in [0.15, 0.2) is 5.54 Å². The fourth-order valence-corrected chi connectivity index (χ4v) is 4.35. The topological polar surface area (TPSA) is 71.1 Å².